The van der Waals surface area contributed by atoms with Gasteiger partial charge in [-0.25, -0.2) is 4.98 Å². The van der Waals surface area contributed by atoms with Crippen molar-refractivity contribution in [3.8, 4) is 0 Å². The maximum absolute atomic E-state index is 11.4. The van der Waals surface area contributed by atoms with Crippen LogP contribution in [0.4, 0.5) is 0 Å². The minimum absolute atomic E-state index is 0. The van der Waals surface area contributed by atoms with Crippen molar-refractivity contribution in [1.82, 2.24) is 31.6 Å². The average molecular weight is 304 g/mol. The van der Waals surface area contributed by atoms with Gasteiger partial charge in [-0.3, -0.25) is 14.5 Å². The smallest absolute Gasteiger partial charge is 0.325 e. The molecule has 0 aliphatic rings. The maximum Gasteiger partial charge on any atom is 0.325 e. The van der Waals surface area contributed by atoms with Gasteiger partial charge in [0.15, 0.2) is 5.52 Å². The van der Waals surface area contributed by atoms with Crippen LogP contribution in [0.2, 0.25) is 0 Å². The molecule has 0 saturated carbocycles. The van der Waals surface area contributed by atoms with Crippen molar-refractivity contribution in [2.75, 3.05) is 12.7 Å². The van der Waals surface area contributed by atoms with Crippen molar-refractivity contribution < 1.29 is 14.4 Å². The molecule has 0 aliphatic heterocycles. The molecule has 2 aromatic rings. The summed E-state index contributed by atoms with van der Waals surface area (Å²) in [5, 5.41) is 9.58. The molecule has 0 fully saturated rings. The van der Waals surface area contributed by atoms with Crippen molar-refractivity contribution in [1.29, 1.82) is 0 Å². The number of hydrogen-bond acceptors (Lipinski definition) is 6. The molecule has 2 rings (SSSR count). The van der Waals surface area contributed by atoms with Gasteiger partial charge in [-0.15, -0.1) is 0 Å². The van der Waals surface area contributed by atoms with E-state index in [1.807, 2.05) is 0 Å². The van der Waals surface area contributed by atoms with Crippen molar-refractivity contribution in [3.63, 3.8) is 0 Å². The van der Waals surface area contributed by atoms with Crippen LogP contribution in [0.1, 0.15) is 12.1 Å². The molecule has 2 aromatic heterocycles. The second-order valence-electron chi connectivity index (χ2n) is 4.05. The van der Waals surface area contributed by atoms with Gasteiger partial charge in [0, 0.05) is 6.54 Å². The highest BCUT2D eigenvalue weighted by Crippen LogP contribution is 2.34. The number of aromatic amines is 2. The summed E-state index contributed by atoms with van der Waals surface area (Å²) in [6.45, 7) is 0.850. The number of H-pyrrole nitrogens is 2. The molecule has 8 N–H and O–H groups in total. The third kappa shape index (κ3) is 4.22. The highest BCUT2D eigenvalue weighted by Gasteiger charge is 2.12. The van der Waals surface area contributed by atoms with Crippen LogP contribution in [-0.4, -0.2) is 42.7 Å². The van der Waals surface area contributed by atoms with Gasteiger partial charge >= 0.3 is 7.60 Å². The maximum atomic E-state index is 11.4. The van der Waals surface area contributed by atoms with E-state index in [1.54, 1.807) is 0 Å². The summed E-state index contributed by atoms with van der Waals surface area (Å²) in [5.74, 6) is 0. The molecule has 0 bridgehead atoms. The Balaban J connectivity index is 0.00000200. The molecular weight excluding hydrogens is 287 g/mol. The van der Waals surface area contributed by atoms with E-state index < -0.39 is 7.60 Å². The van der Waals surface area contributed by atoms with Crippen molar-refractivity contribution >= 4 is 18.6 Å². The van der Waals surface area contributed by atoms with E-state index in [0.717, 1.165) is 0 Å². The zero-order chi connectivity index (χ0) is 13.9. The molecule has 10 nitrogen and oxygen atoms in total. The first kappa shape index (κ1) is 16.5. The van der Waals surface area contributed by atoms with E-state index in [9.17, 15) is 9.36 Å². The predicted molar refractivity (Wildman–Crippen MR) is 72.8 cm³/mol. The number of aromatic nitrogens is 4. The Kier molecular flexibility index (Phi) is 5.54. The van der Waals surface area contributed by atoms with E-state index in [1.165, 1.54) is 6.33 Å². The van der Waals surface area contributed by atoms with E-state index in [0.29, 0.717) is 30.7 Å². The topological polar surface area (TPSA) is 179 Å². The number of nitrogens with one attached hydrogen (secondary N) is 3. The molecule has 0 unspecified atom stereocenters. The molecule has 0 atom stereocenters. The van der Waals surface area contributed by atoms with Crippen molar-refractivity contribution in [3.05, 3.63) is 22.4 Å². The minimum atomic E-state index is -3.93. The van der Waals surface area contributed by atoms with Gasteiger partial charge in [0.05, 0.1) is 18.2 Å². The van der Waals surface area contributed by atoms with Gasteiger partial charge in [-0.2, -0.15) is 5.10 Å². The number of hydrogen-bond donors (Lipinski definition) is 6. The lowest BCUT2D eigenvalue weighted by molar-refractivity contribution is 0.371. The fraction of sp³-hybridized carbons (Fsp3) is 0.444. The largest absolute Gasteiger partial charge is 0.344 e. The van der Waals surface area contributed by atoms with Gasteiger partial charge in [-0.1, -0.05) is 0 Å². The number of nitrogens with zero attached hydrogens (tertiary/aromatic N) is 2. The quantitative estimate of drug-likeness (QED) is 0.304. The van der Waals surface area contributed by atoms with Gasteiger partial charge in [-0.05, 0) is 13.0 Å². The van der Waals surface area contributed by atoms with E-state index in [-0.39, 0.29) is 23.4 Å². The molecule has 2 heterocycles. The van der Waals surface area contributed by atoms with Crippen LogP contribution >= 0.6 is 7.60 Å². The number of fused-ring (bicyclic) bond motifs is 1. The lowest BCUT2D eigenvalue weighted by Crippen LogP contribution is -2.16. The molecule has 20 heavy (non-hydrogen) atoms. The van der Waals surface area contributed by atoms with Crippen molar-refractivity contribution in [2.24, 2.45) is 0 Å². The first-order chi connectivity index (χ1) is 8.97. The Morgan fingerprint density at radius 2 is 2.10 bits per heavy atom. The summed E-state index contributed by atoms with van der Waals surface area (Å²) >= 11 is 0. The van der Waals surface area contributed by atoms with Gasteiger partial charge in [0.1, 0.15) is 5.52 Å². The fourth-order valence-corrected chi connectivity index (χ4v) is 2.21. The molecule has 0 saturated heterocycles. The van der Waals surface area contributed by atoms with Crippen LogP contribution < -0.4 is 17.0 Å². The Labute approximate surface area is 113 Å². The minimum Gasteiger partial charge on any atom is -0.344 e. The fourth-order valence-electron chi connectivity index (χ4n) is 1.64. The van der Waals surface area contributed by atoms with Gasteiger partial charge < -0.3 is 26.2 Å². The molecule has 0 amide bonds. The summed E-state index contributed by atoms with van der Waals surface area (Å²) in [6, 6.07) is 0. The second kappa shape index (κ2) is 6.73. The SMILES string of the molecule is N.O=c1[nH]cnc2c(CNCCCP(=O)(O)O)[nH]nc12. The van der Waals surface area contributed by atoms with Crippen LogP contribution in [0, 0.1) is 0 Å². The Hall–Kier alpha value is -1.58. The summed E-state index contributed by atoms with van der Waals surface area (Å²) in [5.41, 5.74) is 1.09. The van der Waals surface area contributed by atoms with E-state index >= 15 is 0 Å². The van der Waals surface area contributed by atoms with Crippen LogP contribution in [0.3, 0.4) is 0 Å². The van der Waals surface area contributed by atoms with Crippen molar-refractivity contribution in [2.45, 2.75) is 13.0 Å². The lowest BCUT2D eigenvalue weighted by atomic mass is 10.3. The summed E-state index contributed by atoms with van der Waals surface area (Å²) in [7, 11) is -3.93. The molecule has 0 spiro atoms. The Morgan fingerprint density at radius 3 is 2.80 bits per heavy atom. The molecule has 112 valence electrons. The lowest BCUT2D eigenvalue weighted by Gasteiger charge is -2.04. The third-order valence-electron chi connectivity index (χ3n) is 2.52. The van der Waals surface area contributed by atoms with E-state index in [4.69, 9.17) is 9.79 Å². The third-order valence-corrected chi connectivity index (χ3v) is 3.42. The predicted octanol–water partition coefficient (Wildman–Crippen LogP) is -0.534. The van der Waals surface area contributed by atoms with Crippen LogP contribution in [-0.2, 0) is 11.1 Å². The highest BCUT2D eigenvalue weighted by molar-refractivity contribution is 7.51. The Bertz CT molecular complexity index is 662. The zero-order valence-corrected chi connectivity index (χ0v) is 11.6. The molecule has 11 heteroatoms. The zero-order valence-electron chi connectivity index (χ0n) is 10.7. The van der Waals surface area contributed by atoms with Gasteiger partial charge in [0.25, 0.3) is 5.56 Å². The second-order valence-corrected chi connectivity index (χ2v) is 5.83. The number of rotatable bonds is 6. The van der Waals surface area contributed by atoms with Crippen LogP contribution in [0.15, 0.2) is 11.1 Å². The first-order valence-corrected chi connectivity index (χ1v) is 7.43. The average Bonchev–Trinajstić information content (AvgIpc) is 2.72. The molecule has 0 aliphatic carbocycles. The van der Waals surface area contributed by atoms with E-state index in [2.05, 4.69) is 25.5 Å². The van der Waals surface area contributed by atoms with Crippen LogP contribution in [0.5, 0.6) is 0 Å². The van der Waals surface area contributed by atoms with Crippen LogP contribution in [0.25, 0.3) is 11.0 Å². The molecular formula is C9H17N6O4P. The molecule has 0 radical (unpaired) electrons. The highest BCUT2D eigenvalue weighted by atomic mass is 31.2. The van der Waals surface area contributed by atoms with Gasteiger partial charge in [0.2, 0.25) is 0 Å². The normalized spacial score (nSPS) is 11.5. The summed E-state index contributed by atoms with van der Waals surface area (Å²) in [4.78, 5) is 35.2. The summed E-state index contributed by atoms with van der Waals surface area (Å²) < 4.78 is 10.6. The monoisotopic (exact) mass is 304 g/mol. The summed E-state index contributed by atoms with van der Waals surface area (Å²) in [6.07, 6.45) is 1.52. The molecule has 0 aromatic carbocycles. The standard InChI is InChI=1S/C9H14N5O4P.H3N/c15-9-8-7(11-5-12-9)6(13-14-8)4-10-2-1-3-19(16,17)18;/h5,10H,1-4H2,(H,13,14)(H,11,12,15)(H2,16,17,18);1H3. The first-order valence-electron chi connectivity index (χ1n) is 5.63. The Morgan fingerprint density at radius 1 is 1.35 bits per heavy atom.